The molecule has 0 aromatic carbocycles. The highest BCUT2D eigenvalue weighted by Gasteiger charge is 2.13. The normalized spacial score (nSPS) is 27.1. The Hall–Kier alpha value is 0.240. The Balaban J connectivity index is 2.83. The molecule has 0 radical (unpaired) electrons. The highest BCUT2D eigenvalue weighted by Crippen LogP contribution is 2.26. The van der Waals surface area contributed by atoms with Crippen LogP contribution in [-0.4, -0.2) is 9.93 Å². The molecule has 0 aromatic rings. The molecular formula is C6H6Br2O. The first kappa shape index (κ1) is 7.35. The molecule has 1 unspecified atom stereocenters. The monoisotopic (exact) mass is 252 g/mol. The summed E-state index contributed by atoms with van der Waals surface area (Å²) >= 11 is 6.51. The third kappa shape index (κ3) is 1.58. The third-order valence-corrected chi connectivity index (χ3v) is 2.63. The maximum atomic E-state index is 9.18. The van der Waals surface area contributed by atoms with E-state index in [1.165, 1.54) is 0 Å². The van der Waals surface area contributed by atoms with Crippen molar-refractivity contribution in [2.45, 2.75) is 11.2 Å². The van der Waals surface area contributed by atoms with Crippen LogP contribution in [0, 0.1) is 0 Å². The zero-order chi connectivity index (χ0) is 6.85. The minimum absolute atomic E-state index is 0.0943. The van der Waals surface area contributed by atoms with Crippen LogP contribution in [0.25, 0.3) is 0 Å². The van der Waals surface area contributed by atoms with Crippen LogP contribution in [0.5, 0.6) is 0 Å². The molecule has 9 heavy (non-hydrogen) atoms. The summed E-state index contributed by atoms with van der Waals surface area (Å²) in [5.41, 5.74) is 0. The van der Waals surface area contributed by atoms with E-state index in [1.807, 2.05) is 12.2 Å². The van der Waals surface area contributed by atoms with Crippen molar-refractivity contribution < 1.29 is 5.11 Å². The van der Waals surface area contributed by atoms with Gasteiger partial charge in [0.1, 0.15) is 5.76 Å². The average Bonchev–Trinajstić information content (AvgIpc) is 1.83. The smallest absolute Gasteiger partial charge is 0.120 e. The van der Waals surface area contributed by atoms with E-state index < -0.39 is 0 Å². The van der Waals surface area contributed by atoms with Gasteiger partial charge in [-0.3, -0.25) is 0 Å². The van der Waals surface area contributed by atoms with Gasteiger partial charge in [0.15, 0.2) is 0 Å². The molecule has 1 atom stereocenters. The van der Waals surface area contributed by atoms with Crippen molar-refractivity contribution in [2.75, 3.05) is 0 Å². The second kappa shape index (κ2) is 2.88. The lowest BCUT2D eigenvalue weighted by molar-refractivity contribution is 0.392. The highest BCUT2D eigenvalue weighted by atomic mass is 79.9. The molecule has 0 heterocycles. The molecule has 3 heteroatoms. The first-order valence-corrected chi connectivity index (χ1v) is 4.32. The Labute approximate surface area is 70.7 Å². The molecule has 1 nitrogen and oxygen atoms in total. The molecule has 0 saturated heterocycles. The summed E-state index contributed by atoms with van der Waals surface area (Å²) in [6.45, 7) is 0. The summed E-state index contributed by atoms with van der Waals surface area (Å²) in [5, 5.41) is 9.18. The third-order valence-electron chi connectivity index (χ3n) is 1.15. The van der Waals surface area contributed by atoms with Gasteiger partial charge in [-0.05, 0) is 28.4 Å². The second-order valence-corrected chi connectivity index (χ2v) is 3.80. The van der Waals surface area contributed by atoms with Crippen LogP contribution >= 0.6 is 31.9 Å². The summed E-state index contributed by atoms with van der Waals surface area (Å²) in [7, 11) is 0. The van der Waals surface area contributed by atoms with Crippen molar-refractivity contribution in [3.8, 4) is 0 Å². The number of alkyl halides is 1. The number of halogens is 2. The lowest BCUT2D eigenvalue weighted by Gasteiger charge is -2.10. The quantitative estimate of drug-likeness (QED) is 0.659. The fraction of sp³-hybridized carbons (Fsp3) is 0.333. The molecule has 0 saturated carbocycles. The molecule has 1 N–H and O–H groups in total. The fourth-order valence-corrected chi connectivity index (χ4v) is 1.87. The predicted molar refractivity (Wildman–Crippen MR) is 45.1 cm³/mol. The Morgan fingerprint density at radius 2 is 2.33 bits per heavy atom. The van der Waals surface area contributed by atoms with Crippen LogP contribution in [0.1, 0.15) is 6.42 Å². The van der Waals surface area contributed by atoms with E-state index in [9.17, 15) is 5.11 Å². The van der Waals surface area contributed by atoms with Gasteiger partial charge in [0.25, 0.3) is 0 Å². The van der Waals surface area contributed by atoms with Gasteiger partial charge in [0.05, 0.1) is 9.31 Å². The molecule has 50 valence electrons. The van der Waals surface area contributed by atoms with Crippen molar-refractivity contribution in [2.24, 2.45) is 0 Å². The number of allylic oxidation sites excluding steroid dienone is 4. The zero-order valence-electron chi connectivity index (χ0n) is 4.64. The molecule has 1 rings (SSSR count). The summed E-state index contributed by atoms with van der Waals surface area (Å²) in [4.78, 5) is 0.0943. The zero-order valence-corrected chi connectivity index (χ0v) is 7.81. The van der Waals surface area contributed by atoms with E-state index in [0.717, 1.165) is 10.9 Å². The number of aliphatic hydroxyl groups excluding tert-OH is 1. The van der Waals surface area contributed by atoms with Gasteiger partial charge in [-0.25, -0.2) is 0 Å². The SMILES string of the molecule is OC1=C(Br)C=CCC1Br. The van der Waals surface area contributed by atoms with E-state index in [0.29, 0.717) is 5.76 Å². The van der Waals surface area contributed by atoms with Crippen molar-refractivity contribution in [3.63, 3.8) is 0 Å². The Kier molecular flexibility index (Phi) is 2.35. The van der Waals surface area contributed by atoms with Crippen LogP contribution in [0.15, 0.2) is 22.4 Å². The summed E-state index contributed by atoms with van der Waals surface area (Å²) in [6, 6.07) is 0. The Morgan fingerprint density at radius 3 is 2.78 bits per heavy atom. The minimum Gasteiger partial charge on any atom is -0.510 e. The summed E-state index contributed by atoms with van der Waals surface area (Å²) in [6.07, 6.45) is 4.72. The van der Waals surface area contributed by atoms with E-state index in [-0.39, 0.29) is 4.83 Å². The van der Waals surface area contributed by atoms with Gasteiger partial charge >= 0.3 is 0 Å². The summed E-state index contributed by atoms with van der Waals surface area (Å²) in [5.74, 6) is 0.387. The molecule has 0 fully saturated rings. The van der Waals surface area contributed by atoms with Crippen molar-refractivity contribution in [3.05, 3.63) is 22.4 Å². The van der Waals surface area contributed by atoms with Crippen LogP contribution in [0.3, 0.4) is 0 Å². The molecule has 1 aliphatic carbocycles. The lowest BCUT2D eigenvalue weighted by atomic mass is 10.2. The van der Waals surface area contributed by atoms with Gasteiger partial charge in [-0.1, -0.05) is 22.0 Å². The average molecular weight is 254 g/mol. The van der Waals surface area contributed by atoms with Crippen molar-refractivity contribution in [1.82, 2.24) is 0 Å². The molecule has 0 aromatic heterocycles. The van der Waals surface area contributed by atoms with Gasteiger partial charge in [-0.15, -0.1) is 0 Å². The molecule has 1 aliphatic rings. The number of aliphatic hydroxyl groups is 1. The lowest BCUT2D eigenvalue weighted by Crippen LogP contribution is -2.04. The van der Waals surface area contributed by atoms with Gasteiger partial charge in [-0.2, -0.15) is 0 Å². The molecule has 0 spiro atoms. The molecule has 0 amide bonds. The number of hydrogen-bond acceptors (Lipinski definition) is 1. The Morgan fingerprint density at radius 1 is 1.67 bits per heavy atom. The van der Waals surface area contributed by atoms with Crippen molar-refractivity contribution >= 4 is 31.9 Å². The standard InChI is InChI=1S/C6H6Br2O/c7-4-2-1-3-5(8)6(4)9/h1-2,5,9H,3H2. The van der Waals surface area contributed by atoms with Crippen LogP contribution in [0.2, 0.25) is 0 Å². The van der Waals surface area contributed by atoms with Gasteiger partial charge in [0.2, 0.25) is 0 Å². The molecule has 0 bridgehead atoms. The second-order valence-electron chi connectivity index (χ2n) is 1.84. The van der Waals surface area contributed by atoms with Crippen LogP contribution < -0.4 is 0 Å². The fourth-order valence-electron chi connectivity index (χ4n) is 0.638. The Bertz CT molecular complexity index is 172. The van der Waals surface area contributed by atoms with E-state index in [4.69, 9.17) is 0 Å². The first-order valence-electron chi connectivity index (χ1n) is 2.61. The van der Waals surface area contributed by atoms with Gasteiger partial charge in [0, 0.05) is 0 Å². The summed E-state index contributed by atoms with van der Waals surface area (Å²) < 4.78 is 0.774. The van der Waals surface area contributed by atoms with E-state index in [2.05, 4.69) is 31.9 Å². The number of hydrogen-bond donors (Lipinski definition) is 1. The molecule has 0 aliphatic heterocycles. The van der Waals surface area contributed by atoms with Crippen LogP contribution in [-0.2, 0) is 0 Å². The number of rotatable bonds is 0. The van der Waals surface area contributed by atoms with E-state index in [1.54, 1.807) is 0 Å². The highest BCUT2D eigenvalue weighted by molar-refractivity contribution is 9.12. The maximum Gasteiger partial charge on any atom is 0.120 e. The molecular weight excluding hydrogens is 248 g/mol. The first-order chi connectivity index (χ1) is 4.22. The van der Waals surface area contributed by atoms with Gasteiger partial charge < -0.3 is 5.11 Å². The van der Waals surface area contributed by atoms with E-state index >= 15 is 0 Å². The maximum absolute atomic E-state index is 9.18. The van der Waals surface area contributed by atoms with Crippen molar-refractivity contribution in [1.29, 1.82) is 0 Å². The predicted octanol–water partition coefficient (Wildman–Crippen LogP) is 2.87. The largest absolute Gasteiger partial charge is 0.510 e. The minimum atomic E-state index is 0.0943. The van der Waals surface area contributed by atoms with Crippen LogP contribution in [0.4, 0.5) is 0 Å². The topological polar surface area (TPSA) is 20.2 Å².